The average molecular weight is 358 g/mol. The van der Waals surface area contributed by atoms with Crippen molar-refractivity contribution >= 4 is 16.0 Å². The van der Waals surface area contributed by atoms with Crippen molar-refractivity contribution in [3.63, 3.8) is 0 Å². The van der Waals surface area contributed by atoms with Gasteiger partial charge in [-0.05, 0) is 42.3 Å². The number of hydrogen-bond acceptors (Lipinski definition) is 5. The molecule has 25 heavy (non-hydrogen) atoms. The third kappa shape index (κ3) is 4.24. The molecule has 2 rings (SSSR count). The van der Waals surface area contributed by atoms with Gasteiger partial charge in [0, 0.05) is 14.1 Å². The summed E-state index contributed by atoms with van der Waals surface area (Å²) < 4.78 is 30.8. The standard InChI is InChI=1S/C18H18N2O4S/c1-13-7-8-16(25(22,23)20(2)3)10-17(13)18(21)24-12-15-6-4-5-14(9-15)11-19/h4-10H,12H2,1-3H3. The number of hydrogen-bond donors (Lipinski definition) is 0. The van der Waals surface area contributed by atoms with Crippen molar-refractivity contribution in [3.8, 4) is 6.07 Å². The number of ether oxygens (including phenoxy) is 1. The normalized spacial score (nSPS) is 11.2. The highest BCUT2D eigenvalue weighted by Gasteiger charge is 2.20. The summed E-state index contributed by atoms with van der Waals surface area (Å²) in [5.74, 6) is -0.615. The van der Waals surface area contributed by atoms with Crippen LogP contribution in [0.2, 0.25) is 0 Å². The molecule has 0 aliphatic carbocycles. The van der Waals surface area contributed by atoms with Crippen LogP contribution < -0.4 is 0 Å². The van der Waals surface area contributed by atoms with E-state index in [1.807, 2.05) is 6.07 Å². The van der Waals surface area contributed by atoms with E-state index in [0.717, 1.165) is 4.31 Å². The monoisotopic (exact) mass is 358 g/mol. The maximum atomic E-state index is 12.3. The Kier molecular flexibility index (Phi) is 5.57. The molecule has 0 aromatic heterocycles. The van der Waals surface area contributed by atoms with E-state index in [4.69, 9.17) is 10.00 Å². The van der Waals surface area contributed by atoms with Gasteiger partial charge in [-0.25, -0.2) is 17.5 Å². The van der Waals surface area contributed by atoms with Crippen molar-refractivity contribution in [1.82, 2.24) is 4.31 Å². The van der Waals surface area contributed by atoms with Crippen LogP contribution in [0.4, 0.5) is 0 Å². The zero-order chi connectivity index (χ0) is 18.6. The smallest absolute Gasteiger partial charge is 0.338 e. The first kappa shape index (κ1) is 18.6. The third-order valence-corrected chi connectivity index (χ3v) is 5.44. The van der Waals surface area contributed by atoms with E-state index >= 15 is 0 Å². The molecule has 6 nitrogen and oxygen atoms in total. The minimum Gasteiger partial charge on any atom is -0.457 e. The van der Waals surface area contributed by atoms with Crippen molar-refractivity contribution in [3.05, 3.63) is 64.7 Å². The number of nitriles is 1. The summed E-state index contributed by atoms with van der Waals surface area (Å²) in [5.41, 5.74) is 1.97. The summed E-state index contributed by atoms with van der Waals surface area (Å²) in [5, 5.41) is 8.89. The molecule has 2 aromatic carbocycles. The van der Waals surface area contributed by atoms with E-state index in [0.29, 0.717) is 16.7 Å². The van der Waals surface area contributed by atoms with Crippen molar-refractivity contribution in [1.29, 1.82) is 5.26 Å². The number of nitrogens with zero attached hydrogens (tertiary/aromatic N) is 2. The van der Waals surface area contributed by atoms with Crippen molar-refractivity contribution < 1.29 is 17.9 Å². The molecule has 0 aliphatic rings. The molecule has 0 saturated heterocycles. The Morgan fingerprint density at radius 3 is 2.56 bits per heavy atom. The van der Waals surface area contributed by atoms with Gasteiger partial charge >= 0.3 is 5.97 Å². The molecule has 0 amide bonds. The van der Waals surface area contributed by atoms with Gasteiger partial charge in [-0.3, -0.25) is 0 Å². The van der Waals surface area contributed by atoms with Gasteiger partial charge in [-0.15, -0.1) is 0 Å². The second-order valence-corrected chi connectivity index (χ2v) is 7.80. The van der Waals surface area contributed by atoms with Crippen molar-refractivity contribution in [2.75, 3.05) is 14.1 Å². The van der Waals surface area contributed by atoms with Gasteiger partial charge in [0.1, 0.15) is 6.61 Å². The first-order valence-electron chi connectivity index (χ1n) is 7.45. The molecule has 0 radical (unpaired) electrons. The fourth-order valence-electron chi connectivity index (χ4n) is 2.15. The van der Waals surface area contributed by atoms with Crippen LogP contribution in [0, 0.1) is 18.3 Å². The molecule has 0 saturated carbocycles. The number of benzene rings is 2. The van der Waals surface area contributed by atoms with Crippen LogP contribution in [0.3, 0.4) is 0 Å². The number of carbonyl (C=O) groups excluding carboxylic acids is 1. The van der Waals surface area contributed by atoms with Crippen LogP contribution in [-0.4, -0.2) is 32.8 Å². The number of rotatable bonds is 5. The molecule has 0 fully saturated rings. The summed E-state index contributed by atoms with van der Waals surface area (Å²) in [4.78, 5) is 12.4. The summed E-state index contributed by atoms with van der Waals surface area (Å²) in [6.07, 6.45) is 0. The van der Waals surface area contributed by atoms with E-state index in [1.165, 1.54) is 26.2 Å². The minimum absolute atomic E-state index is 0.00154. The molecular formula is C18H18N2O4S. The van der Waals surface area contributed by atoms with Gasteiger partial charge in [-0.2, -0.15) is 5.26 Å². The lowest BCUT2D eigenvalue weighted by Crippen LogP contribution is -2.22. The molecule has 0 aliphatic heterocycles. The largest absolute Gasteiger partial charge is 0.457 e. The van der Waals surface area contributed by atoms with Crippen LogP contribution in [0.15, 0.2) is 47.4 Å². The highest BCUT2D eigenvalue weighted by molar-refractivity contribution is 7.89. The summed E-state index contributed by atoms with van der Waals surface area (Å²) in [6, 6.07) is 13.1. The Hall–Kier alpha value is -2.69. The van der Waals surface area contributed by atoms with Gasteiger partial charge in [0.05, 0.1) is 22.1 Å². The van der Waals surface area contributed by atoms with Crippen molar-refractivity contribution in [2.24, 2.45) is 0 Å². The van der Waals surface area contributed by atoms with Gasteiger partial charge in [0.25, 0.3) is 0 Å². The maximum absolute atomic E-state index is 12.3. The molecule has 0 atom stereocenters. The number of aryl methyl sites for hydroxylation is 1. The molecule has 2 aromatic rings. The lowest BCUT2D eigenvalue weighted by molar-refractivity contribution is 0.0471. The first-order chi connectivity index (χ1) is 11.8. The topological polar surface area (TPSA) is 87.5 Å². The number of carbonyl (C=O) groups is 1. The molecule has 0 bridgehead atoms. The molecule has 7 heteroatoms. The van der Waals surface area contributed by atoms with E-state index in [2.05, 4.69) is 0 Å². The lowest BCUT2D eigenvalue weighted by atomic mass is 10.1. The van der Waals surface area contributed by atoms with E-state index in [9.17, 15) is 13.2 Å². The molecular weight excluding hydrogens is 340 g/mol. The fraction of sp³-hybridized carbons (Fsp3) is 0.222. The highest BCUT2D eigenvalue weighted by atomic mass is 32.2. The zero-order valence-electron chi connectivity index (χ0n) is 14.2. The summed E-state index contributed by atoms with van der Waals surface area (Å²) in [6.45, 7) is 1.71. The number of esters is 1. The van der Waals surface area contributed by atoms with Crippen LogP contribution >= 0.6 is 0 Å². The molecule has 0 spiro atoms. The maximum Gasteiger partial charge on any atom is 0.338 e. The van der Waals surface area contributed by atoms with Crippen LogP contribution in [0.5, 0.6) is 0 Å². The van der Waals surface area contributed by atoms with Gasteiger partial charge in [0.2, 0.25) is 10.0 Å². The van der Waals surface area contributed by atoms with Crippen molar-refractivity contribution in [2.45, 2.75) is 18.4 Å². The summed E-state index contributed by atoms with van der Waals surface area (Å²) in [7, 11) is -0.784. The predicted octanol–water partition coefficient (Wildman–Crippen LogP) is 2.47. The Balaban J connectivity index is 2.23. The third-order valence-electron chi connectivity index (χ3n) is 3.63. The van der Waals surface area contributed by atoms with Crippen LogP contribution in [0.25, 0.3) is 0 Å². The SMILES string of the molecule is Cc1ccc(S(=O)(=O)N(C)C)cc1C(=O)OCc1cccc(C#N)c1. The summed E-state index contributed by atoms with van der Waals surface area (Å²) >= 11 is 0. The Morgan fingerprint density at radius 2 is 1.92 bits per heavy atom. The van der Waals surface area contributed by atoms with Crippen LogP contribution in [0.1, 0.15) is 27.0 Å². The van der Waals surface area contributed by atoms with Crippen LogP contribution in [-0.2, 0) is 21.4 Å². The van der Waals surface area contributed by atoms with Gasteiger partial charge < -0.3 is 4.74 Å². The minimum atomic E-state index is -3.64. The first-order valence-corrected chi connectivity index (χ1v) is 8.89. The Morgan fingerprint density at radius 1 is 1.20 bits per heavy atom. The van der Waals surface area contributed by atoms with E-state index in [1.54, 1.807) is 37.3 Å². The number of sulfonamides is 1. The van der Waals surface area contributed by atoms with Gasteiger partial charge in [0.15, 0.2) is 0 Å². The van der Waals surface area contributed by atoms with E-state index < -0.39 is 16.0 Å². The Bertz CT molecular complexity index is 944. The second kappa shape index (κ2) is 7.47. The Labute approximate surface area is 147 Å². The average Bonchev–Trinajstić information content (AvgIpc) is 2.59. The molecule has 0 heterocycles. The second-order valence-electron chi connectivity index (χ2n) is 5.65. The molecule has 130 valence electrons. The predicted molar refractivity (Wildman–Crippen MR) is 92.3 cm³/mol. The van der Waals surface area contributed by atoms with E-state index in [-0.39, 0.29) is 17.1 Å². The highest BCUT2D eigenvalue weighted by Crippen LogP contribution is 2.19. The quantitative estimate of drug-likeness (QED) is 0.766. The fourth-order valence-corrected chi connectivity index (χ4v) is 3.08. The molecule has 0 unspecified atom stereocenters. The molecule has 0 N–H and O–H groups in total. The van der Waals surface area contributed by atoms with Gasteiger partial charge in [-0.1, -0.05) is 18.2 Å². The zero-order valence-corrected chi connectivity index (χ0v) is 15.0. The lowest BCUT2D eigenvalue weighted by Gasteiger charge is -2.13.